The molecule has 3 N–H and O–H groups in total. The van der Waals surface area contributed by atoms with Crippen molar-refractivity contribution in [3.63, 3.8) is 0 Å². The van der Waals surface area contributed by atoms with Gasteiger partial charge in [0.25, 0.3) is 0 Å². The van der Waals surface area contributed by atoms with Crippen LogP contribution in [0.5, 0.6) is 0 Å². The Kier molecular flexibility index (Phi) is 5.88. The first kappa shape index (κ1) is 14.1. The number of nitrogens with one attached hydrogen (secondary N) is 3. The van der Waals surface area contributed by atoms with E-state index in [2.05, 4.69) is 25.9 Å². The van der Waals surface area contributed by atoms with Gasteiger partial charge in [0, 0.05) is 18.7 Å². The molecule has 19 heavy (non-hydrogen) atoms. The molecule has 1 saturated carbocycles. The Balaban J connectivity index is 1.80. The van der Waals surface area contributed by atoms with Crippen LogP contribution in [0.4, 0.5) is 11.6 Å². The summed E-state index contributed by atoms with van der Waals surface area (Å²) in [5, 5.41) is 9.98. The van der Waals surface area contributed by atoms with Crippen LogP contribution in [0, 0.1) is 0 Å². The van der Waals surface area contributed by atoms with Crippen LogP contribution < -0.4 is 16.0 Å². The van der Waals surface area contributed by atoms with Gasteiger partial charge in [0.1, 0.15) is 18.0 Å². The van der Waals surface area contributed by atoms with Gasteiger partial charge in [-0.25, -0.2) is 9.97 Å². The van der Waals surface area contributed by atoms with Crippen molar-refractivity contribution in [1.82, 2.24) is 15.3 Å². The maximum atomic E-state index is 4.30. The fourth-order valence-electron chi connectivity index (χ4n) is 2.47. The predicted molar refractivity (Wildman–Crippen MR) is 79.6 cm³/mol. The third-order valence-corrected chi connectivity index (χ3v) is 3.53. The van der Waals surface area contributed by atoms with Gasteiger partial charge in [-0.2, -0.15) is 0 Å². The van der Waals surface area contributed by atoms with E-state index in [-0.39, 0.29) is 0 Å². The van der Waals surface area contributed by atoms with Crippen molar-refractivity contribution in [3.8, 4) is 0 Å². The normalized spacial score (nSPS) is 16.3. The molecule has 1 aromatic rings. The maximum Gasteiger partial charge on any atom is 0.131 e. The molecule has 0 amide bonds. The Labute approximate surface area is 115 Å². The molecule has 2 rings (SSSR count). The van der Waals surface area contributed by atoms with Crippen LogP contribution in [0.2, 0.25) is 0 Å². The molecule has 0 bridgehead atoms. The number of hydrogen-bond acceptors (Lipinski definition) is 5. The standard InChI is InChI=1S/C14H25N5/c1-15-8-5-9-16-13-10-14(18-11-17-13)19-12-6-3-2-4-7-12/h10-12,15H,2-9H2,1H3,(H2,16,17,18,19). The molecule has 0 radical (unpaired) electrons. The topological polar surface area (TPSA) is 61.9 Å². The van der Waals surface area contributed by atoms with Gasteiger partial charge in [-0.3, -0.25) is 0 Å². The first-order valence-electron chi connectivity index (χ1n) is 7.35. The SMILES string of the molecule is CNCCCNc1cc(NC2CCCCC2)ncn1. The van der Waals surface area contributed by atoms with Crippen LogP contribution in [0.3, 0.4) is 0 Å². The van der Waals surface area contributed by atoms with E-state index in [0.29, 0.717) is 6.04 Å². The lowest BCUT2D eigenvalue weighted by molar-refractivity contribution is 0.462. The molecule has 0 aliphatic heterocycles. The van der Waals surface area contributed by atoms with E-state index in [1.807, 2.05) is 13.1 Å². The Morgan fingerprint density at radius 1 is 1.11 bits per heavy atom. The smallest absolute Gasteiger partial charge is 0.131 e. The zero-order valence-corrected chi connectivity index (χ0v) is 11.8. The Morgan fingerprint density at radius 3 is 2.68 bits per heavy atom. The third-order valence-electron chi connectivity index (χ3n) is 3.53. The number of aromatic nitrogens is 2. The minimum atomic E-state index is 0.584. The third kappa shape index (κ3) is 5.03. The second kappa shape index (κ2) is 7.94. The molecule has 0 atom stereocenters. The van der Waals surface area contributed by atoms with Crippen molar-refractivity contribution in [3.05, 3.63) is 12.4 Å². The van der Waals surface area contributed by atoms with Crippen molar-refractivity contribution < 1.29 is 0 Å². The van der Waals surface area contributed by atoms with E-state index >= 15 is 0 Å². The summed E-state index contributed by atoms with van der Waals surface area (Å²) in [6, 6.07) is 2.59. The first-order chi connectivity index (χ1) is 9.38. The molecular formula is C14H25N5. The molecule has 1 fully saturated rings. The second-order valence-corrected chi connectivity index (χ2v) is 5.15. The Morgan fingerprint density at radius 2 is 1.89 bits per heavy atom. The van der Waals surface area contributed by atoms with Gasteiger partial charge in [0.15, 0.2) is 0 Å². The van der Waals surface area contributed by atoms with Gasteiger partial charge in [-0.05, 0) is 32.9 Å². The highest BCUT2D eigenvalue weighted by Gasteiger charge is 2.13. The second-order valence-electron chi connectivity index (χ2n) is 5.15. The van der Waals surface area contributed by atoms with Crippen LogP contribution in [-0.4, -0.2) is 36.1 Å². The van der Waals surface area contributed by atoms with Crippen molar-refractivity contribution in [1.29, 1.82) is 0 Å². The predicted octanol–water partition coefficient (Wildman–Crippen LogP) is 2.24. The van der Waals surface area contributed by atoms with Crippen LogP contribution in [0.15, 0.2) is 12.4 Å². The fraction of sp³-hybridized carbons (Fsp3) is 0.714. The zero-order chi connectivity index (χ0) is 13.3. The highest BCUT2D eigenvalue weighted by atomic mass is 15.1. The average molecular weight is 263 g/mol. The van der Waals surface area contributed by atoms with E-state index in [1.54, 1.807) is 6.33 Å². The number of rotatable bonds is 7. The monoisotopic (exact) mass is 263 g/mol. The lowest BCUT2D eigenvalue weighted by Gasteiger charge is -2.23. The Bertz CT molecular complexity index is 363. The van der Waals surface area contributed by atoms with E-state index < -0.39 is 0 Å². The molecule has 1 aromatic heterocycles. The number of anilines is 2. The molecule has 1 aliphatic rings. The van der Waals surface area contributed by atoms with Crippen LogP contribution in [-0.2, 0) is 0 Å². The van der Waals surface area contributed by atoms with Gasteiger partial charge < -0.3 is 16.0 Å². The maximum absolute atomic E-state index is 4.30. The summed E-state index contributed by atoms with van der Waals surface area (Å²) in [5.74, 6) is 1.85. The first-order valence-corrected chi connectivity index (χ1v) is 7.35. The summed E-state index contributed by atoms with van der Waals surface area (Å²) >= 11 is 0. The lowest BCUT2D eigenvalue weighted by Crippen LogP contribution is -2.23. The van der Waals surface area contributed by atoms with Gasteiger partial charge in [0.05, 0.1) is 0 Å². The lowest BCUT2D eigenvalue weighted by atomic mass is 9.95. The molecule has 106 valence electrons. The van der Waals surface area contributed by atoms with Crippen LogP contribution in [0.25, 0.3) is 0 Å². The number of nitrogens with zero attached hydrogens (tertiary/aromatic N) is 2. The molecule has 0 aromatic carbocycles. The summed E-state index contributed by atoms with van der Waals surface area (Å²) in [7, 11) is 1.97. The molecule has 0 unspecified atom stereocenters. The van der Waals surface area contributed by atoms with Crippen LogP contribution >= 0.6 is 0 Å². The summed E-state index contributed by atoms with van der Waals surface area (Å²) < 4.78 is 0. The van der Waals surface area contributed by atoms with Crippen molar-refractivity contribution in [2.45, 2.75) is 44.6 Å². The molecule has 0 spiro atoms. The molecule has 1 aliphatic carbocycles. The minimum Gasteiger partial charge on any atom is -0.370 e. The van der Waals surface area contributed by atoms with Crippen molar-refractivity contribution >= 4 is 11.6 Å². The van der Waals surface area contributed by atoms with Crippen molar-refractivity contribution in [2.24, 2.45) is 0 Å². The van der Waals surface area contributed by atoms with Crippen molar-refractivity contribution in [2.75, 3.05) is 30.8 Å². The minimum absolute atomic E-state index is 0.584. The van der Waals surface area contributed by atoms with E-state index in [4.69, 9.17) is 0 Å². The summed E-state index contributed by atoms with van der Waals surface area (Å²) in [6.45, 7) is 1.95. The van der Waals surface area contributed by atoms with Gasteiger partial charge in [0.2, 0.25) is 0 Å². The molecular weight excluding hydrogens is 238 g/mol. The highest BCUT2D eigenvalue weighted by molar-refractivity contribution is 5.46. The fourth-order valence-corrected chi connectivity index (χ4v) is 2.47. The van der Waals surface area contributed by atoms with E-state index in [1.165, 1.54) is 32.1 Å². The summed E-state index contributed by atoms with van der Waals surface area (Å²) in [5.41, 5.74) is 0. The molecule has 5 nitrogen and oxygen atoms in total. The largest absolute Gasteiger partial charge is 0.370 e. The van der Waals surface area contributed by atoms with E-state index in [9.17, 15) is 0 Å². The zero-order valence-electron chi connectivity index (χ0n) is 11.8. The molecule has 0 saturated heterocycles. The molecule has 5 heteroatoms. The van der Waals surface area contributed by atoms with Gasteiger partial charge in [-0.1, -0.05) is 19.3 Å². The summed E-state index contributed by atoms with van der Waals surface area (Å²) in [4.78, 5) is 8.55. The average Bonchev–Trinajstić information content (AvgIpc) is 2.45. The van der Waals surface area contributed by atoms with Gasteiger partial charge in [-0.15, -0.1) is 0 Å². The van der Waals surface area contributed by atoms with Gasteiger partial charge >= 0.3 is 0 Å². The molecule has 1 heterocycles. The summed E-state index contributed by atoms with van der Waals surface area (Å²) in [6.07, 6.45) is 9.28. The number of hydrogen-bond donors (Lipinski definition) is 3. The quantitative estimate of drug-likeness (QED) is 0.659. The highest BCUT2D eigenvalue weighted by Crippen LogP contribution is 2.21. The van der Waals surface area contributed by atoms with Crippen LogP contribution in [0.1, 0.15) is 38.5 Å². The Hall–Kier alpha value is -1.36. The van der Waals surface area contributed by atoms with E-state index in [0.717, 1.165) is 31.1 Å².